The van der Waals surface area contributed by atoms with Gasteiger partial charge >= 0.3 is 0 Å². The Hall–Kier alpha value is -0.0400. The molecule has 0 radical (unpaired) electrons. The molecular formula is C13H27N. The fourth-order valence-corrected chi connectivity index (χ4v) is 2.94. The standard InChI is InChI=1S/C13H27N/c1-5-11-8-12(10-14-4)6-7-13(2,3)9-11/h11-12,14H,5-10H2,1-4H3. The van der Waals surface area contributed by atoms with Crippen molar-refractivity contribution in [2.45, 2.75) is 52.9 Å². The van der Waals surface area contributed by atoms with Crippen LogP contribution in [0.15, 0.2) is 0 Å². The van der Waals surface area contributed by atoms with Gasteiger partial charge in [0.25, 0.3) is 0 Å². The summed E-state index contributed by atoms with van der Waals surface area (Å²) in [4.78, 5) is 0. The molecule has 0 aromatic heterocycles. The van der Waals surface area contributed by atoms with Crippen molar-refractivity contribution in [2.75, 3.05) is 13.6 Å². The summed E-state index contributed by atoms with van der Waals surface area (Å²) in [7, 11) is 2.08. The lowest BCUT2D eigenvalue weighted by Crippen LogP contribution is -2.20. The minimum Gasteiger partial charge on any atom is -0.319 e. The second-order valence-electron chi connectivity index (χ2n) is 5.84. The van der Waals surface area contributed by atoms with E-state index in [4.69, 9.17) is 0 Å². The van der Waals surface area contributed by atoms with Crippen LogP contribution in [0, 0.1) is 17.3 Å². The van der Waals surface area contributed by atoms with Crippen molar-refractivity contribution in [3.05, 3.63) is 0 Å². The molecule has 0 aliphatic heterocycles. The highest BCUT2D eigenvalue weighted by molar-refractivity contribution is 4.81. The Morgan fingerprint density at radius 1 is 1.29 bits per heavy atom. The Balaban J connectivity index is 2.54. The minimum atomic E-state index is 0.586. The smallest absolute Gasteiger partial charge is 0.00234 e. The molecule has 1 rings (SSSR count). The summed E-state index contributed by atoms with van der Waals surface area (Å²) in [5, 5.41) is 3.34. The van der Waals surface area contributed by atoms with Gasteiger partial charge in [-0.2, -0.15) is 0 Å². The Labute approximate surface area is 89.7 Å². The monoisotopic (exact) mass is 197 g/mol. The van der Waals surface area contributed by atoms with Crippen molar-refractivity contribution >= 4 is 0 Å². The van der Waals surface area contributed by atoms with Gasteiger partial charge in [-0.05, 0) is 56.5 Å². The van der Waals surface area contributed by atoms with Gasteiger partial charge in [-0.1, -0.05) is 27.2 Å². The van der Waals surface area contributed by atoms with E-state index in [0.717, 1.165) is 11.8 Å². The Morgan fingerprint density at radius 3 is 2.57 bits per heavy atom. The van der Waals surface area contributed by atoms with Crippen LogP contribution in [0.25, 0.3) is 0 Å². The molecule has 1 fully saturated rings. The molecule has 1 heteroatoms. The predicted octanol–water partition coefficient (Wildman–Crippen LogP) is 3.45. The molecule has 0 saturated heterocycles. The highest BCUT2D eigenvalue weighted by Crippen LogP contribution is 2.40. The van der Waals surface area contributed by atoms with Crippen molar-refractivity contribution in [1.29, 1.82) is 0 Å². The number of nitrogens with one attached hydrogen (secondary N) is 1. The van der Waals surface area contributed by atoms with E-state index in [2.05, 4.69) is 33.1 Å². The van der Waals surface area contributed by atoms with Crippen molar-refractivity contribution in [1.82, 2.24) is 5.32 Å². The molecule has 0 spiro atoms. The average Bonchev–Trinajstić information content (AvgIpc) is 2.26. The van der Waals surface area contributed by atoms with E-state index < -0.39 is 0 Å². The first-order valence-electron chi connectivity index (χ1n) is 6.22. The lowest BCUT2D eigenvalue weighted by molar-refractivity contribution is 0.262. The van der Waals surface area contributed by atoms with Crippen LogP contribution in [-0.4, -0.2) is 13.6 Å². The largest absolute Gasteiger partial charge is 0.319 e. The van der Waals surface area contributed by atoms with Crippen molar-refractivity contribution in [3.63, 3.8) is 0 Å². The SMILES string of the molecule is CCC1CC(CNC)CCC(C)(C)C1. The Bertz CT molecular complexity index is 163. The molecule has 2 unspecified atom stereocenters. The maximum atomic E-state index is 3.34. The highest BCUT2D eigenvalue weighted by Gasteiger charge is 2.29. The Kier molecular flexibility index (Phi) is 4.43. The normalized spacial score (nSPS) is 32.6. The first kappa shape index (κ1) is 12.0. The molecule has 1 saturated carbocycles. The van der Waals surface area contributed by atoms with Crippen LogP contribution in [0.1, 0.15) is 52.9 Å². The van der Waals surface area contributed by atoms with E-state index in [-0.39, 0.29) is 0 Å². The topological polar surface area (TPSA) is 12.0 Å². The van der Waals surface area contributed by atoms with Gasteiger partial charge in [0, 0.05) is 0 Å². The number of hydrogen-bond acceptors (Lipinski definition) is 1. The summed E-state index contributed by atoms with van der Waals surface area (Å²) in [5.74, 6) is 1.89. The zero-order chi connectivity index (χ0) is 10.6. The van der Waals surface area contributed by atoms with Crippen LogP contribution in [0.5, 0.6) is 0 Å². The zero-order valence-electron chi connectivity index (χ0n) is 10.4. The van der Waals surface area contributed by atoms with Gasteiger partial charge in [0.1, 0.15) is 0 Å². The molecule has 1 aliphatic carbocycles. The maximum Gasteiger partial charge on any atom is -0.00234 e. The number of hydrogen-bond donors (Lipinski definition) is 1. The lowest BCUT2D eigenvalue weighted by Gasteiger charge is -2.25. The van der Waals surface area contributed by atoms with Crippen LogP contribution in [-0.2, 0) is 0 Å². The molecule has 1 N–H and O–H groups in total. The Morgan fingerprint density at radius 2 is 2.00 bits per heavy atom. The van der Waals surface area contributed by atoms with Gasteiger partial charge in [-0.3, -0.25) is 0 Å². The molecule has 1 aliphatic rings. The molecule has 0 aromatic carbocycles. The first-order valence-corrected chi connectivity index (χ1v) is 6.22. The molecule has 1 nitrogen and oxygen atoms in total. The molecule has 0 bridgehead atoms. The van der Waals surface area contributed by atoms with E-state index in [1.54, 1.807) is 0 Å². The van der Waals surface area contributed by atoms with Crippen LogP contribution >= 0.6 is 0 Å². The zero-order valence-corrected chi connectivity index (χ0v) is 10.4. The van der Waals surface area contributed by atoms with Crippen molar-refractivity contribution in [2.24, 2.45) is 17.3 Å². The second kappa shape index (κ2) is 5.16. The third-order valence-corrected chi connectivity index (χ3v) is 3.81. The van der Waals surface area contributed by atoms with Gasteiger partial charge in [0.2, 0.25) is 0 Å². The van der Waals surface area contributed by atoms with Gasteiger partial charge in [0.05, 0.1) is 0 Å². The summed E-state index contributed by atoms with van der Waals surface area (Å²) < 4.78 is 0. The van der Waals surface area contributed by atoms with Crippen molar-refractivity contribution in [3.8, 4) is 0 Å². The summed E-state index contributed by atoms with van der Waals surface area (Å²) in [6.45, 7) is 8.45. The summed E-state index contributed by atoms with van der Waals surface area (Å²) in [6.07, 6.45) is 7.08. The first-order chi connectivity index (χ1) is 6.57. The molecular weight excluding hydrogens is 170 g/mol. The third kappa shape index (κ3) is 3.61. The number of rotatable bonds is 3. The molecule has 2 atom stereocenters. The summed E-state index contributed by atoms with van der Waals surface area (Å²) in [5.41, 5.74) is 0.586. The summed E-state index contributed by atoms with van der Waals surface area (Å²) >= 11 is 0. The van der Waals surface area contributed by atoms with Crippen LogP contribution < -0.4 is 5.32 Å². The molecule has 0 heterocycles. The third-order valence-electron chi connectivity index (χ3n) is 3.81. The summed E-state index contributed by atoms with van der Waals surface area (Å²) in [6, 6.07) is 0. The van der Waals surface area contributed by atoms with Crippen LogP contribution in [0.4, 0.5) is 0 Å². The molecule has 84 valence electrons. The predicted molar refractivity (Wildman–Crippen MR) is 63.4 cm³/mol. The van der Waals surface area contributed by atoms with Crippen LogP contribution in [0.3, 0.4) is 0 Å². The van der Waals surface area contributed by atoms with E-state index in [1.165, 1.54) is 38.6 Å². The van der Waals surface area contributed by atoms with E-state index in [9.17, 15) is 0 Å². The highest BCUT2D eigenvalue weighted by atomic mass is 14.8. The molecule has 0 amide bonds. The maximum absolute atomic E-state index is 3.34. The van der Waals surface area contributed by atoms with Gasteiger partial charge in [0.15, 0.2) is 0 Å². The fraction of sp³-hybridized carbons (Fsp3) is 1.00. The van der Waals surface area contributed by atoms with Gasteiger partial charge in [-0.25, -0.2) is 0 Å². The van der Waals surface area contributed by atoms with Crippen LogP contribution in [0.2, 0.25) is 0 Å². The van der Waals surface area contributed by atoms with Gasteiger partial charge in [-0.15, -0.1) is 0 Å². The molecule has 0 aromatic rings. The van der Waals surface area contributed by atoms with Gasteiger partial charge < -0.3 is 5.32 Å². The average molecular weight is 197 g/mol. The van der Waals surface area contributed by atoms with E-state index >= 15 is 0 Å². The lowest BCUT2D eigenvalue weighted by atomic mass is 9.80. The fourth-order valence-electron chi connectivity index (χ4n) is 2.94. The van der Waals surface area contributed by atoms with Crippen molar-refractivity contribution < 1.29 is 0 Å². The minimum absolute atomic E-state index is 0.586. The van der Waals surface area contributed by atoms with E-state index in [1.807, 2.05) is 0 Å². The molecule has 14 heavy (non-hydrogen) atoms. The quantitative estimate of drug-likeness (QED) is 0.683. The van der Waals surface area contributed by atoms with E-state index in [0.29, 0.717) is 5.41 Å². The second-order valence-corrected chi connectivity index (χ2v) is 5.84.